The monoisotopic (exact) mass is 255 g/mol. The molecule has 1 unspecified atom stereocenters. The molecule has 2 N–H and O–H groups in total. The van der Waals surface area contributed by atoms with Crippen LogP contribution in [0.1, 0.15) is 12.0 Å². The standard InChI is InChI=1S/C16H17NO2/c18-16(19)11-8-13-6-9-15(10-7-13)17-12-14-4-2-1-3-5-14/h1-6,8-11,13,17H,7,12H2,(H,18,19). The summed E-state index contributed by atoms with van der Waals surface area (Å²) in [6, 6.07) is 10.2. The second-order valence-corrected chi connectivity index (χ2v) is 4.45. The molecule has 3 nitrogen and oxygen atoms in total. The van der Waals surface area contributed by atoms with Crippen molar-refractivity contribution in [2.75, 3.05) is 0 Å². The average molecular weight is 255 g/mol. The van der Waals surface area contributed by atoms with E-state index in [-0.39, 0.29) is 5.92 Å². The predicted molar refractivity (Wildman–Crippen MR) is 75.4 cm³/mol. The Balaban J connectivity index is 1.82. The molecule has 3 heteroatoms. The third-order valence-corrected chi connectivity index (χ3v) is 2.96. The number of nitrogens with one attached hydrogen (secondary N) is 1. The van der Waals surface area contributed by atoms with Gasteiger partial charge in [0.2, 0.25) is 0 Å². The average Bonchev–Trinajstić information content (AvgIpc) is 2.45. The molecule has 19 heavy (non-hydrogen) atoms. The van der Waals surface area contributed by atoms with Crippen LogP contribution < -0.4 is 5.32 Å². The van der Waals surface area contributed by atoms with E-state index in [0.717, 1.165) is 18.7 Å². The summed E-state index contributed by atoms with van der Waals surface area (Å²) in [5, 5.41) is 11.9. The normalized spacial score (nSPS) is 18.3. The molecule has 1 aromatic rings. The van der Waals surface area contributed by atoms with E-state index >= 15 is 0 Å². The Labute approximate surface area is 113 Å². The van der Waals surface area contributed by atoms with E-state index in [2.05, 4.69) is 23.5 Å². The molecule has 2 rings (SSSR count). The Morgan fingerprint density at radius 3 is 2.79 bits per heavy atom. The van der Waals surface area contributed by atoms with Crippen LogP contribution in [0.25, 0.3) is 0 Å². The molecule has 0 amide bonds. The summed E-state index contributed by atoms with van der Waals surface area (Å²) in [7, 11) is 0. The minimum atomic E-state index is -0.898. The van der Waals surface area contributed by atoms with Crippen LogP contribution in [0, 0.1) is 5.92 Å². The highest BCUT2D eigenvalue weighted by Gasteiger charge is 2.05. The molecule has 0 bridgehead atoms. The van der Waals surface area contributed by atoms with Crippen LogP contribution in [0.5, 0.6) is 0 Å². The summed E-state index contributed by atoms with van der Waals surface area (Å²) in [5.41, 5.74) is 2.33. The fourth-order valence-corrected chi connectivity index (χ4v) is 1.92. The van der Waals surface area contributed by atoms with Gasteiger partial charge in [0, 0.05) is 18.3 Å². The van der Waals surface area contributed by atoms with Gasteiger partial charge in [-0.25, -0.2) is 4.79 Å². The third kappa shape index (κ3) is 4.47. The van der Waals surface area contributed by atoms with Gasteiger partial charge >= 0.3 is 5.97 Å². The number of carbonyl (C=O) groups is 1. The summed E-state index contributed by atoms with van der Waals surface area (Å²) in [6.45, 7) is 0.798. The van der Waals surface area contributed by atoms with Crippen LogP contribution in [-0.2, 0) is 11.3 Å². The molecule has 0 spiro atoms. The summed E-state index contributed by atoms with van der Waals surface area (Å²) < 4.78 is 0. The van der Waals surface area contributed by atoms with Crippen molar-refractivity contribution in [3.05, 3.63) is 72.0 Å². The molecule has 0 saturated carbocycles. The Hall–Kier alpha value is -2.29. The number of carboxylic acids is 1. The van der Waals surface area contributed by atoms with Gasteiger partial charge in [0.15, 0.2) is 0 Å². The molecule has 0 radical (unpaired) electrons. The highest BCUT2D eigenvalue weighted by Crippen LogP contribution is 2.16. The van der Waals surface area contributed by atoms with E-state index in [0.29, 0.717) is 0 Å². The first kappa shape index (κ1) is 13.1. The lowest BCUT2D eigenvalue weighted by Gasteiger charge is -2.14. The molecule has 0 aromatic heterocycles. The van der Waals surface area contributed by atoms with Gasteiger partial charge < -0.3 is 10.4 Å². The molecule has 0 saturated heterocycles. The fraction of sp³-hybridized carbons (Fsp3) is 0.188. The Morgan fingerprint density at radius 1 is 1.37 bits per heavy atom. The van der Waals surface area contributed by atoms with Crippen LogP contribution in [0.4, 0.5) is 0 Å². The third-order valence-electron chi connectivity index (χ3n) is 2.96. The van der Waals surface area contributed by atoms with Crippen molar-refractivity contribution in [3.63, 3.8) is 0 Å². The van der Waals surface area contributed by atoms with Gasteiger partial charge in [-0.3, -0.25) is 0 Å². The number of carboxylic acid groups (broad SMARTS) is 1. The summed E-state index contributed by atoms with van der Waals surface area (Å²) in [5.74, 6) is -0.719. The second-order valence-electron chi connectivity index (χ2n) is 4.45. The lowest BCUT2D eigenvalue weighted by Crippen LogP contribution is -2.13. The first-order valence-corrected chi connectivity index (χ1v) is 6.31. The molecular formula is C16H17NO2. The molecule has 0 heterocycles. The molecule has 0 fully saturated rings. The molecule has 0 aliphatic heterocycles. The topological polar surface area (TPSA) is 49.3 Å². The number of hydrogen-bond donors (Lipinski definition) is 2. The lowest BCUT2D eigenvalue weighted by atomic mass is 9.99. The van der Waals surface area contributed by atoms with E-state index < -0.39 is 5.97 Å². The Kier molecular flexibility index (Phi) is 4.56. The minimum Gasteiger partial charge on any atom is -0.478 e. The van der Waals surface area contributed by atoms with Gasteiger partial charge in [-0.1, -0.05) is 48.6 Å². The molecular weight excluding hydrogens is 238 g/mol. The van der Waals surface area contributed by atoms with Crippen molar-refractivity contribution in [2.24, 2.45) is 5.92 Å². The Morgan fingerprint density at radius 2 is 2.16 bits per heavy atom. The van der Waals surface area contributed by atoms with Crippen LogP contribution in [0.3, 0.4) is 0 Å². The van der Waals surface area contributed by atoms with Crippen molar-refractivity contribution >= 4 is 5.97 Å². The number of allylic oxidation sites excluding steroid dienone is 4. The smallest absolute Gasteiger partial charge is 0.327 e. The van der Waals surface area contributed by atoms with Gasteiger partial charge in [-0.15, -0.1) is 0 Å². The van der Waals surface area contributed by atoms with E-state index in [1.54, 1.807) is 6.08 Å². The van der Waals surface area contributed by atoms with Crippen molar-refractivity contribution in [1.29, 1.82) is 0 Å². The highest BCUT2D eigenvalue weighted by atomic mass is 16.4. The molecule has 98 valence electrons. The number of aliphatic carboxylic acids is 1. The zero-order valence-corrected chi connectivity index (χ0v) is 10.6. The zero-order chi connectivity index (χ0) is 13.5. The number of hydrogen-bond acceptors (Lipinski definition) is 2. The van der Waals surface area contributed by atoms with Crippen molar-refractivity contribution < 1.29 is 9.90 Å². The van der Waals surface area contributed by atoms with E-state index in [1.807, 2.05) is 30.4 Å². The summed E-state index contributed by atoms with van der Waals surface area (Å²) in [4.78, 5) is 10.4. The molecule has 1 aliphatic rings. The van der Waals surface area contributed by atoms with Gasteiger partial charge in [-0.2, -0.15) is 0 Å². The van der Waals surface area contributed by atoms with Crippen LogP contribution in [0.15, 0.2) is 66.4 Å². The van der Waals surface area contributed by atoms with Gasteiger partial charge in [-0.05, 0) is 24.0 Å². The van der Waals surface area contributed by atoms with E-state index in [9.17, 15) is 4.79 Å². The van der Waals surface area contributed by atoms with E-state index in [1.165, 1.54) is 11.6 Å². The lowest BCUT2D eigenvalue weighted by molar-refractivity contribution is -0.131. The minimum absolute atomic E-state index is 0.179. The molecule has 1 aromatic carbocycles. The first-order chi connectivity index (χ1) is 9.24. The maximum absolute atomic E-state index is 10.4. The highest BCUT2D eigenvalue weighted by molar-refractivity contribution is 5.79. The fourth-order valence-electron chi connectivity index (χ4n) is 1.92. The van der Waals surface area contributed by atoms with Gasteiger partial charge in [0.1, 0.15) is 0 Å². The van der Waals surface area contributed by atoms with Crippen molar-refractivity contribution in [3.8, 4) is 0 Å². The van der Waals surface area contributed by atoms with Crippen LogP contribution >= 0.6 is 0 Å². The zero-order valence-electron chi connectivity index (χ0n) is 10.6. The molecule has 1 aliphatic carbocycles. The van der Waals surface area contributed by atoms with Crippen molar-refractivity contribution in [1.82, 2.24) is 5.32 Å². The van der Waals surface area contributed by atoms with Crippen LogP contribution in [0.2, 0.25) is 0 Å². The predicted octanol–water partition coefficient (Wildman–Crippen LogP) is 2.88. The quantitative estimate of drug-likeness (QED) is 0.795. The SMILES string of the molecule is O=C(O)C=CC1C=CC(NCc2ccccc2)=CC1. The first-order valence-electron chi connectivity index (χ1n) is 6.31. The Bertz CT molecular complexity index is 515. The maximum Gasteiger partial charge on any atom is 0.327 e. The molecule has 1 atom stereocenters. The van der Waals surface area contributed by atoms with E-state index in [4.69, 9.17) is 5.11 Å². The van der Waals surface area contributed by atoms with Gasteiger partial charge in [0.25, 0.3) is 0 Å². The van der Waals surface area contributed by atoms with Crippen LogP contribution in [-0.4, -0.2) is 11.1 Å². The van der Waals surface area contributed by atoms with Crippen molar-refractivity contribution in [2.45, 2.75) is 13.0 Å². The number of benzene rings is 1. The van der Waals surface area contributed by atoms with Gasteiger partial charge in [0.05, 0.1) is 0 Å². The number of rotatable bonds is 5. The second kappa shape index (κ2) is 6.59. The maximum atomic E-state index is 10.4. The summed E-state index contributed by atoms with van der Waals surface area (Å²) in [6.07, 6.45) is 9.86. The summed E-state index contributed by atoms with van der Waals surface area (Å²) >= 11 is 0. The largest absolute Gasteiger partial charge is 0.478 e.